The molecular formula is C16H25NO. The van der Waals surface area contributed by atoms with Gasteiger partial charge in [-0.3, -0.25) is 0 Å². The molecule has 0 bridgehead atoms. The van der Waals surface area contributed by atoms with E-state index < -0.39 is 0 Å². The fourth-order valence-electron chi connectivity index (χ4n) is 2.73. The first kappa shape index (κ1) is 13.4. The Balaban J connectivity index is 2.03. The highest BCUT2D eigenvalue weighted by Gasteiger charge is 2.26. The van der Waals surface area contributed by atoms with Crippen molar-refractivity contribution >= 4 is 0 Å². The predicted octanol–water partition coefficient (Wildman–Crippen LogP) is 4.07. The van der Waals surface area contributed by atoms with E-state index in [9.17, 15) is 0 Å². The van der Waals surface area contributed by atoms with E-state index in [1.807, 2.05) is 0 Å². The average molecular weight is 247 g/mol. The molecule has 0 amide bonds. The maximum atomic E-state index is 6.12. The highest BCUT2D eigenvalue weighted by atomic mass is 16.5. The van der Waals surface area contributed by atoms with Gasteiger partial charge in [0.25, 0.3) is 0 Å². The molecule has 0 saturated carbocycles. The van der Waals surface area contributed by atoms with Crippen molar-refractivity contribution in [1.82, 2.24) is 5.32 Å². The third-order valence-corrected chi connectivity index (χ3v) is 3.67. The maximum Gasteiger partial charge on any atom is 0.124 e. The molecule has 1 aromatic rings. The van der Waals surface area contributed by atoms with E-state index in [4.69, 9.17) is 4.74 Å². The Hall–Kier alpha value is -1.02. The Morgan fingerprint density at radius 1 is 1.22 bits per heavy atom. The number of ether oxygens (including phenoxy) is 1. The third kappa shape index (κ3) is 3.26. The molecule has 2 atom stereocenters. The summed E-state index contributed by atoms with van der Waals surface area (Å²) < 4.78 is 6.12. The van der Waals surface area contributed by atoms with Gasteiger partial charge in [0.2, 0.25) is 0 Å². The molecule has 2 nitrogen and oxygen atoms in total. The highest BCUT2D eigenvalue weighted by Crippen LogP contribution is 2.35. The number of fused-ring (bicyclic) bond motifs is 1. The van der Waals surface area contributed by atoms with E-state index >= 15 is 0 Å². The van der Waals surface area contributed by atoms with E-state index in [1.54, 1.807) is 0 Å². The molecule has 0 fully saturated rings. The van der Waals surface area contributed by atoms with Crippen LogP contribution < -0.4 is 10.1 Å². The van der Waals surface area contributed by atoms with E-state index in [-0.39, 0.29) is 0 Å². The topological polar surface area (TPSA) is 21.3 Å². The second-order valence-corrected chi connectivity index (χ2v) is 5.12. The third-order valence-electron chi connectivity index (χ3n) is 3.67. The molecule has 0 aromatic heterocycles. The van der Waals surface area contributed by atoms with Gasteiger partial charge >= 0.3 is 0 Å². The van der Waals surface area contributed by atoms with Crippen LogP contribution in [-0.4, -0.2) is 12.6 Å². The monoisotopic (exact) mass is 247 g/mol. The zero-order valence-corrected chi connectivity index (χ0v) is 11.6. The van der Waals surface area contributed by atoms with Crippen molar-refractivity contribution < 1.29 is 4.74 Å². The van der Waals surface area contributed by atoms with Crippen molar-refractivity contribution in [2.45, 2.75) is 58.1 Å². The molecule has 0 spiro atoms. The van der Waals surface area contributed by atoms with Gasteiger partial charge < -0.3 is 10.1 Å². The Morgan fingerprint density at radius 2 is 2.06 bits per heavy atom. The van der Waals surface area contributed by atoms with Crippen LogP contribution in [0, 0.1) is 0 Å². The molecule has 1 aromatic carbocycles. The normalized spacial score (nSPS) is 22.3. The minimum absolute atomic E-state index is 0.385. The molecule has 1 N–H and O–H groups in total. The van der Waals surface area contributed by atoms with E-state index in [0.717, 1.165) is 18.7 Å². The molecular weight excluding hydrogens is 222 g/mol. The van der Waals surface area contributed by atoms with Gasteiger partial charge in [-0.05, 0) is 25.5 Å². The summed E-state index contributed by atoms with van der Waals surface area (Å²) >= 11 is 0. The molecule has 2 rings (SSSR count). The summed E-state index contributed by atoms with van der Waals surface area (Å²) in [6.07, 6.45) is 6.55. The van der Waals surface area contributed by atoms with Crippen LogP contribution in [0.3, 0.4) is 0 Å². The molecule has 18 heavy (non-hydrogen) atoms. The molecule has 0 aliphatic carbocycles. The standard InChI is InChI=1S/C16H25NO/c1-3-5-6-9-13-12-15(17-4-2)14-10-7-8-11-16(14)18-13/h7-8,10-11,13,15,17H,3-6,9,12H2,1-2H3. The quantitative estimate of drug-likeness (QED) is 0.765. The lowest BCUT2D eigenvalue weighted by molar-refractivity contribution is 0.138. The number of hydrogen-bond donors (Lipinski definition) is 1. The van der Waals surface area contributed by atoms with Crippen LogP contribution in [-0.2, 0) is 0 Å². The molecule has 0 saturated heterocycles. The van der Waals surface area contributed by atoms with Crippen LogP contribution in [0.5, 0.6) is 5.75 Å². The first-order chi connectivity index (χ1) is 8.85. The molecule has 2 unspecified atom stereocenters. The SMILES string of the molecule is CCCCCC1CC(NCC)c2ccccc2O1. The first-order valence-corrected chi connectivity index (χ1v) is 7.34. The molecule has 0 radical (unpaired) electrons. The van der Waals surface area contributed by atoms with Crippen molar-refractivity contribution in [2.24, 2.45) is 0 Å². The van der Waals surface area contributed by atoms with Crippen LogP contribution in [0.25, 0.3) is 0 Å². The molecule has 1 heterocycles. The summed E-state index contributed by atoms with van der Waals surface area (Å²) in [5.41, 5.74) is 1.33. The Labute approximate surface area is 111 Å². The second kappa shape index (κ2) is 6.79. The van der Waals surface area contributed by atoms with Crippen LogP contribution in [0.4, 0.5) is 0 Å². The van der Waals surface area contributed by atoms with Crippen LogP contribution in [0.2, 0.25) is 0 Å². The smallest absolute Gasteiger partial charge is 0.124 e. The van der Waals surface area contributed by atoms with Crippen molar-refractivity contribution in [3.8, 4) is 5.75 Å². The Kier molecular flexibility index (Phi) is 5.06. The first-order valence-electron chi connectivity index (χ1n) is 7.34. The minimum atomic E-state index is 0.385. The van der Waals surface area contributed by atoms with E-state index in [1.165, 1.54) is 31.2 Å². The van der Waals surface area contributed by atoms with Gasteiger partial charge in [-0.1, -0.05) is 44.9 Å². The van der Waals surface area contributed by atoms with Gasteiger partial charge in [-0.25, -0.2) is 0 Å². The zero-order valence-electron chi connectivity index (χ0n) is 11.6. The van der Waals surface area contributed by atoms with Gasteiger partial charge in [0.15, 0.2) is 0 Å². The van der Waals surface area contributed by atoms with Gasteiger partial charge in [-0.15, -0.1) is 0 Å². The van der Waals surface area contributed by atoms with Crippen molar-refractivity contribution in [3.63, 3.8) is 0 Å². The van der Waals surface area contributed by atoms with Crippen molar-refractivity contribution in [1.29, 1.82) is 0 Å². The summed E-state index contributed by atoms with van der Waals surface area (Å²) in [5.74, 6) is 1.08. The fourth-order valence-corrected chi connectivity index (χ4v) is 2.73. The van der Waals surface area contributed by atoms with E-state index in [0.29, 0.717) is 12.1 Å². The summed E-state index contributed by atoms with van der Waals surface area (Å²) in [7, 11) is 0. The lowest BCUT2D eigenvalue weighted by Crippen LogP contribution is -2.32. The van der Waals surface area contributed by atoms with Crippen LogP contribution in [0.15, 0.2) is 24.3 Å². The molecule has 1 aliphatic heterocycles. The van der Waals surface area contributed by atoms with Crippen molar-refractivity contribution in [3.05, 3.63) is 29.8 Å². The summed E-state index contributed by atoms with van der Waals surface area (Å²) in [6, 6.07) is 8.92. The Morgan fingerprint density at radius 3 is 2.83 bits per heavy atom. The Bertz CT molecular complexity index is 364. The number of benzene rings is 1. The van der Waals surface area contributed by atoms with Gasteiger partial charge in [0.05, 0.1) is 0 Å². The lowest BCUT2D eigenvalue weighted by Gasteiger charge is -2.32. The average Bonchev–Trinajstić information content (AvgIpc) is 2.39. The number of para-hydroxylation sites is 1. The fraction of sp³-hybridized carbons (Fsp3) is 0.625. The second-order valence-electron chi connectivity index (χ2n) is 5.12. The number of hydrogen-bond acceptors (Lipinski definition) is 2. The van der Waals surface area contributed by atoms with Crippen LogP contribution >= 0.6 is 0 Å². The van der Waals surface area contributed by atoms with E-state index in [2.05, 4.69) is 43.4 Å². The zero-order chi connectivity index (χ0) is 12.8. The summed E-state index contributed by atoms with van der Waals surface area (Å²) in [5, 5.41) is 3.58. The highest BCUT2D eigenvalue weighted by molar-refractivity contribution is 5.37. The largest absolute Gasteiger partial charge is 0.490 e. The predicted molar refractivity (Wildman–Crippen MR) is 76.0 cm³/mol. The van der Waals surface area contributed by atoms with Crippen molar-refractivity contribution in [2.75, 3.05) is 6.54 Å². The molecule has 1 aliphatic rings. The van der Waals surface area contributed by atoms with Gasteiger partial charge in [0.1, 0.15) is 11.9 Å². The molecule has 2 heteroatoms. The summed E-state index contributed by atoms with van der Waals surface area (Å²) in [4.78, 5) is 0. The maximum absolute atomic E-state index is 6.12. The van der Waals surface area contributed by atoms with Gasteiger partial charge in [0, 0.05) is 18.0 Å². The molecule has 100 valence electrons. The number of nitrogens with one attached hydrogen (secondary N) is 1. The van der Waals surface area contributed by atoms with Crippen LogP contribution in [0.1, 0.15) is 57.6 Å². The number of unbranched alkanes of at least 4 members (excludes halogenated alkanes) is 2. The minimum Gasteiger partial charge on any atom is -0.490 e. The summed E-state index contributed by atoms with van der Waals surface area (Å²) in [6.45, 7) is 5.43. The lowest BCUT2D eigenvalue weighted by atomic mass is 9.94. The van der Waals surface area contributed by atoms with Gasteiger partial charge in [-0.2, -0.15) is 0 Å². The number of rotatable bonds is 6.